The van der Waals surface area contributed by atoms with Crippen LogP contribution in [0, 0.1) is 6.92 Å². The van der Waals surface area contributed by atoms with Gasteiger partial charge in [-0.3, -0.25) is 9.11 Å². The predicted molar refractivity (Wildman–Crippen MR) is 113 cm³/mol. The van der Waals surface area contributed by atoms with Gasteiger partial charge in [0.05, 0.1) is 21.2 Å². The Morgan fingerprint density at radius 3 is 1.94 bits per heavy atom. The number of aromatic hydroxyl groups is 1. The standard InChI is InChI=1S/C16H14ClN3O9S3/c1-7-14(17)15(20-16(18-7)30(2,22)23)19-11-5-9(31(24,25)26)3-8-4-10(32(27,28)29)6-12(21)13(8)11/h3-6,21H,1-2H3,(H,18,19,20)(H,24,25,26)(H,27,28,29). The van der Waals surface area contributed by atoms with Gasteiger partial charge in [0.25, 0.3) is 20.2 Å². The van der Waals surface area contributed by atoms with Gasteiger partial charge in [0.1, 0.15) is 10.8 Å². The second-order valence-corrected chi connectivity index (χ2v) is 11.7. The third kappa shape index (κ3) is 4.77. The molecule has 16 heteroatoms. The fourth-order valence-corrected chi connectivity index (χ4v) is 4.52. The molecule has 0 atom stereocenters. The number of hydrogen-bond acceptors (Lipinski definition) is 10. The van der Waals surface area contributed by atoms with Crippen LogP contribution >= 0.6 is 11.6 Å². The van der Waals surface area contributed by atoms with Gasteiger partial charge in [-0.15, -0.1) is 0 Å². The van der Waals surface area contributed by atoms with Gasteiger partial charge in [0.2, 0.25) is 15.0 Å². The molecule has 12 nitrogen and oxygen atoms in total. The zero-order chi connectivity index (χ0) is 24.2. The lowest BCUT2D eigenvalue weighted by Gasteiger charge is -2.15. The molecule has 0 amide bonds. The molecule has 0 aliphatic heterocycles. The lowest BCUT2D eigenvalue weighted by molar-refractivity contribution is 0.471. The molecule has 0 fully saturated rings. The van der Waals surface area contributed by atoms with Gasteiger partial charge in [-0.1, -0.05) is 11.6 Å². The average Bonchev–Trinajstić information content (AvgIpc) is 2.62. The Balaban J connectivity index is 2.37. The highest BCUT2D eigenvalue weighted by Gasteiger charge is 2.22. The number of fused-ring (bicyclic) bond motifs is 1. The molecule has 0 aliphatic carbocycles. The van der Waals surface area contributed by atoms with E-state index >= 15 is 0 Å². The molecule has 0 radical (unpaired) electrons. The van der Waals surface area contributed by atoms with E-state index in [0.29, 0.717) is 6.07 Å². The summed E-state index contributed by atoms with van der Waals surface area (Å²) in [5.41, 5.74) is -0.160. The molecule has 0 bridgehead atoms. The van der Waals surface area contributed by atoms with Crippen LogP contribution in [-0.2, 0) is 30.1 Å². The molecular formula is C16H14ClN3O9S3. The first-order valence-electron chi connectivity index (χ1n) is 8.25. The van der Waals surface area contributed by atoms with Crippen LogP contribution in [0.2, 0.25) is 5.02 Å². The Hall–Kier alpha value is -2.56. The maximum absolute atomic E-state index is 11.9. The van der Waals surface area contributed by atoms with Gasteiger partial charge >= 0.3 is 0 Å². The summed E-state index contributed by atoms with van der Waals surface area (Å²) in [7, 11) is -13.4. The summed E-state index contributed by atoms with van der Waals surface area (Å²) >= 11 is 6.15. The number of nitrogens with one attached hydrogen (secondary N) is 1. The quantitative estimate of drug-likeness (QED) is 0.280. The topological polar surface area (TPSA) is 201 Å². The van der Waals surface area contributed by atoms with E-state index in [2.05, 4.69) is 15.3 Å². The van der Waals surface area contributed by atoms with Crippen LogP contribution < -0.4 is 5.32 Å². The van der Waals surface area contributed by atoms with Crippen molar-refractivity contribution >= 4 is 64.0 Å². The van der Waals surface area contributed by atoms with Crippen molar-refractivity contribution in [1.82, 2.24) is 9.97 Å². The summed E-state index contributed by atoms with van der Waals surface area (Å²) in [6.45, 7) is 1.40. The number of aryl methyl sites for hydroxylation is 1. The minimum Gasteiger partial charge on any atom is -0.507 e. The van der Waals surface area contributed by atoms with E-state index in [1.807, 2.05) is 0 Å². The number of rotatable bonds is 5. The summed E-state index contributed by atoms with van der Waals surface area (Å²) in [6.07, 6.45) is 0.858. The predicted octanol–water partition coefficient (Wildman–Crippen LogP) is 1.94. The van der Waals surface area contributed by atoms with E-state index in [-0.39, 0.29) is 33.0 Å². The number of anilines is 2. The molecular weight excluding hydrogens is 510 g/mol. The first kappa shape index (κ1) is 24.1. The van der Waals surface area contributed by atoms with E-state index in [9.17, 15) is 39.5 Å². The molecule has 4 N–H and O–H groups in total. The maximum Gasteiger partial charge on any atom is 0.294 e. The molecule has 0 aliphatic rings. The van der Waals surface area contributed by atoms with Gasteiger partial charge in [0.15, 0.2) is 5.82 Å². The summed E-state index contributed by atoms with van der Waals surface area (Å²) in [5, 5.41) is 11.9. The van der Waals surface area contributed by atoms with Crippen LogP contribution in [0.3, 0.4) is 0 Å². The van der Waals surface area contributed by atoms with Gasteiger partial charge in [-0.2, -0.15) is 21.8 Å². The van der Waals surface area contributed by atoms with Crippen LogP contribution in [0.4, 0.5) is 11.5 Å². The van der Waals surface area contributed by atoms with Crippen molar-refractivity contribution in [2.45, 2.75) is 21.9 Å². The monoisotopic (exact) mass is 523 g/mol. The fraction of sp³-hybridized carbons (Fsp3) is 0.125. The average molecular weight is 524 g/mol. The van der Waals surface area contributed by atoms with Crippen molar-refractivity contribution in [2.75, 3.05) is 11.6 Å². The normalized spacial score (nSPS) is 12.8. The Morgan fingerprint density at radius 2 is 1.44 bits per heavy atom. The smallest absolute Gasteiger partial charge is 0.294 e. The second-order valence-electron chi connectivity index (χ2n) is 6.61. The van der Waals surface area contributed by atoms with Crippen molar-refractivity contribution in [1.29, 1.82) is 0 Å². The van der Waals surface area contributed by atoms with Crippen molar-refractivity contribution in [3.63, 3.8) is 0 Å². The zero-order valence-corrected chi connectivity index (χ0v) is 19.3. The van der Waals surface area contributed by atoms with Crippen LogP contribution in [-0.4, -0.2) is 55.7 Å². The number of phenolic OH excluding ortho intramolecular Hbond substituents is 1. The number of nitrogens with zero attached hydrogens (tertiary/aromatic N) is 2. The van der Waals surface area contributed by atoms with Crippen LogP contribution in [0.1, 0.15) is 5.69 Å². The lowest BCUT2D eigenvalue weighted by Crippen LogP contribution is -2.09. The highest BCUT2D eigenvalue weighted by molar-refractivity contribution is 7.90. The fourth-order valence-electron chi connectivity index (χ4n) is 2.74. The third-order valence-electron chi connectivity index (χ3n) is 4.15. The number of halogens is 1. The minimum absolute atomic E-state index is 0.0673. The van der Waals surface area contributed by atoms with Crippen molar-refractivity contribution in [2.24, 2.45) is 0 Å². The van der Waals surface area contributed by atoms with Crippen molar-refractivity contribution < 1.29 is 39.5 Å². The number of hydrogen-bond donors (Lipinski definition) is 4. The molecule has 2 aromatic carbocycles. The minimum atomic E-state index is -4.82. The van der Waals surface area contributed by atoms with Crippen LogP contribution in [0.5, 0.6) is 5.75 Å². The highest BCUT2D eigenvalue weighted by Crippen LogP contribution is 2.39. The van der Waals surface area contributed by atoms with Crippen molar-refractivity contribution in [3.05, 3.63) is 35.0 Å². The van der Waals surface area contributed by atoms with Crippen LogP contribution in [0.25, 0.3) is 10.8 Å². The molecule has 1 aromatic heterocycles. The largest absolute Gasteiger partial charge is 0.507 e. The Labute approximate surface area is 187 Å². The first-order valence-corrected chi connectivity index (χ1v) is 13.4. The van der Waals surface area contributed by atoms with E-state index in [0.717, 1.165) is 24.5 Å². The maximum atomic E-state index is 11.9. The molecule has 0 saturated heterocycles. The lowest BCUT2D eigenvalue weighted by atomic mass is 10.1. The molecule has 3 aromatic rings. The van der Waals surface area contributed by atoms with Gasteiger partial charge in [-0.05, 0) is 30.5 Å². The van der Waals surface area contributed by atoms with E-state index in [1.165, 1.54) is 6.92 Å². The molecule has 0 spiro atoms. The molecule has 32 heavy (non-hydrogen) atoms. The number of benzene rings is 2. The second kappa shape index (κ2) is 7.79. The molecule has 0 saturated carbocycles. The summed E-state index contributed by atoms with van der Waals surface area (Å²) < 4.78 is 88.8. The summed E-state index contributed by atoms with van der Waals surface area (Å²) in [6, 6.07) is 3.32. The molecule has 172 valence electrons. The Morgan fingerprint density at radius 1 is 0.906 bits per heavy atom. The highest BCUT2D eigenvalue weighted by atomic mass is 35.5. The van der Waals surface area contributed by atoms with E-state index < -0.39 is 50.8 Å². The molecule has 0 unspecified atom stereocenters. The van der Waals surface area contributed by atoms with E-state index in [1.54, 1.807) is 0 Å². The van der Waals surface area contributed by atoms with E-state index in [4.69, 9.17) is 11.6 Å². The van der Waals surface area contributed by atoms with Gasteiger partial charge in [0, 0.05) is 17.7 Å². The molecule has 1 heterocycles. The summed E-state index contributed by atoms with van der Waals surface area (Å²) in [5.74, 6) is -0.962. The SMILES string of the molecule is Cc1nc(S(C)(=O)=O)nc(Nc2cc(S(=O)(=O)O)cc3cc(S(=O)(=O)O)cc(O)c23)c1Cl. The summed E-state index contributed by atoms with van der Waals surface area (Å²) in [4.78, 5) is 6.14. The Bertz CT molecular complexity index is 1600. The van der Waals surface area contributed by atoms with Gasteiger partial charge < -0.3 is 10.4 Å². The number of phenols is 1. The zero-order valence-electron chi connectivity index (χ0n) is 16.1. The number of sulfone groups is 1. The first-order chi connectivity index (χ1) is 14.5. The van der Waals surface area contributed by atoms with Crippen molar-refractivity contribution in [3.8, 4) is 5.75 Å². The van der Waals surface area contributed by atoms with Gasteiger partial charge in [-0.25, -0.2) is 13.4 Å². The van der Waals surface area contributed by atoms with Crippen LogP contribution in [0.15, 0.2) is 39.2 Å². The third-order valence-corrected chi connectivity index (χ3v) is 7.11. The number of aromatic nitrogens is 2. The molecule has 3 rings (SSSR count). The Kier molecular flexibility index (Phi) is 5.86.